The number of quaternary nitrogens is 1. The molecule has 0 aliphatic heterocycles. The number of likely N-dealkylation sites (N-methyl/N-ethyl adjacent to an activating group) is 1. The van der Waals surface area contributed by atoms with Crippen molar-refractivity contribution < 1.29 is 32.8 Å². The van der Waals surface area contributed by atoms with E-state index in [1.165, 1.54) is 70.6 Å². The first-order valence-corrected chi connectivity index (χ1v) is 14.0. The van der Waals surface area contributed by atoms with Gasteiger partial charge >= 0.3 is 7.82 Å². The Bertz CT molecular complexity index is 495. The quantitative estimate of drug-likeness (QED) is 0.0831. The second kappa shape index (κ2) is 20.0. The molecule has 0 radical (unpaired) electrons. The van der Waals surface area contributed by atoms with Crippen LogP contribution in [-0.4, -0.2) is 68.1 Å². The third-order valence-corrected chi connectivity index (χ3v) is 6.27. The summed E-state index contributed by atoms with van der Waals surface area (Å²) in [5.74, 6) is 0. The third-order valence-electron chi connectivity index (χ3n) is 5.20. The summed E-state index contributed by atoms with van der Waals surface area (Å²) in [6.45, 7) is 2.49. The molecule has 0 amide bonds. The molecule has 0 heterocycles. The molecule has 0 aromatic carbocycles. The minimum atomic E-state index is -4.22. The largest absolute Gasteiger partial charge is 0.499 e. The third kappa shape index (κ3) is 22.8. The van der Waals surface area contributed by atoms with E-state index < -0.39 is 20.5 Å². The molecule has 32 heavy (non-hydrogen) atoms. The fraction of sp³-hybridized carbons (Fsp3) is 0.917. The molecule has 0 aliphatic carbocycles. The smallest absolute Gasteiger partial charge is 0.472 e. The Labute approximate surface area is 197 Å². The zero-order chi connectivity index (χ0) is 24.1. The zero-order valence-corrected chi connectivity index (χ0v) is 22.1. The van der Waals surface area contributed by atoms with Crippen molar-refractivity contribution in [1.29, 1.82) is 0 Å². The Hall–Kier alpha value is -0.430. The SMILES string of the molecule is CCCCCCCCCCCCCC/C=C\OC[C@H](CO)OP(=O)(O)OCC[N+](C)(C)C. The maximum atomic E-state index is 12.0. The second-order valence-electron chi connectivity index (χ2n) is 9.61. The van der Waals surface area contributed by atoms with Gasteiger partial charge in [-0.15, -0.1) is 0 Å². The van der Waals surface area contributed by atoms with E-state index in [4.69, 9.17) is 13.8 Å². The highest BCUT2D eigenvalue weighted by atomic mass is 31.2. The molecule has 2 N–H and O–H groups in total. The van der Waals surface area contributed by atoms with Crippen molar-refractivity contribution in [1.82, 2.24) is 0 Å². The number of allylic oxidation sites excluding steroid dienone is 1. The monoisotopic (exact) mass is 480 g/mol. The van der Waals surface area contributed by atoms with Gasteiger partial charge in [0.15, 0.2) is 0 Å². The van der Waals surface area contributed by atoms with Crippen molar-refractivity contribution in [2.45, 2.75) is 96.5 Å². The number of nitrogens with zero attached hydrogens (tertiary/aromatic N) is 1. The Kier molecular flexibility index (Phi) is 19.7. The van der Waals surface area contributed by atoms with Crippen LogP contribution in [0, 0.1) is 0 Å². The summed E-state index contributed by atoms with van der Waals surface area (Å²) in [5.41, 5.74) is 0. The highest BCUT2D eigenvalue weighted by Gasteiger charge is 2.27. The van der Waals surface area contributed by atoms with Gasteiger partial charge in [0.1, 0.15) is 25.9 Å². The zero-order valence-electron chi connectivity index (χ0n) is 21.2. The summed E-state index contributed by atoms with van der Waals surface area (Å²) < 4.78 is 27.9. The van der Waals surface area contributed by atoms with Crippen LogP contribution in [0.1, 0.15) is 90.4 Å². The number of phosphoric acid groups is 1. The summed E-state index contributed by atoms with van der Waals surface area (Å²) >= 11 is 0. The number of aliphatic hydroxyl groups is 1. The molecule has 192 valence electrons. The Morgan fingerprint density at radius 1 is 0.906 bits per heavy atom. The van der Waals surface area contributed by atoms with Gasteiger partial charge in [0.2, 0.25) is 0 Å². The van der Waals surface area contributed by atoms with E-state index in [0.717, 1.165) is 12.8 Å². The standard InChI is InChI=1S/C24H50NO6P/c1-5-6-7-8-9-10-11-12-13-14-15-16-17-18-20-29-23-24(22-26)31-32(27,28)30-21-19-25(2,3)4/h18,20,24,26H,5-17,19,21-23H2,1-4H3/p+1/b20-18-/t24-/m0/s1. The van der Waals surface area contributed by atoms with E-state index in [1.54, 1.807) is 6.26 Å². The van der Waals surface area contributed by atoms with Crippen molar-refractivity contribution >= 4 is 7.82 Å². The van der Waals surface area contributed by atoms with Gasteiger partial charge in [-0.2, -0.15) is 0 Å². The first-order chi connectivity index (χ1) is 15.2. The van der Waals surface area contributed by atoms with Crippen molar-refractivity contribution in [2.24, 2.45) is 0 Å². The van der Waals surface area contributed by atoms with E-state index >= 15 is 0 Å². The Morgan fingerprint density at radius 2 is 1.44 bits per heavy atom. The molecule has 0 saturated carbocycles. The molecule has 0 rings (SSSR count). The molecule has 0 bridgehead atoms. The maximum absolute atomic E-state index is 12.0. The van der Waals surface area contributed by atoms with Gasteiger partial charge in [0.05, 0.1) is 34.0 Å². The predicted octanol–water partition coefficient (Wildman–Crippen LogP) is 5.81. The van der Waals surface area contributed by atoms with Crippen LogP contribution in [0.4, 0.5) is 0 Å². The highest BCUT2D eigenvalue weighted by Crippen LogP contribution is 2.44. The van der Waals surface area contributed by atoms with Crippen LogP contribution in [-0.2, 0) is 18.3 Å². The molecule has 2 atom stereocenters. The van der Waals surface area contributed by atoms with Crippen molar-refractivity contribution in [3.05, 3.63) is 12.3 Å². The van der Waals surface area contributed by atoms with E-state index in [1.807, 2.05) is 27.2 Å². The van der Waals surface area contributed by atoms with E-state index in [0.29, 0.717) is 11.0 Å². The predicted molar refractivity (Wildman–Crippen MR) is 131 cm³/mol. The molecule has 7 nitrogen and oxygen atoms in total. The Balaban J connectivity index is 3.66. The molecular formula is C24H51NO6P+. The molecule has 0 saturated heterocycles. The van der Waals surface area contributed by atoms with Crippen LogP contribution in [0.5, 0.6) is 0 Å². The second-order valence-corrected chi connectivity index (χ2v) is 11.0. The molecule has 0 aliphatic rings. The number of unbranched alkanes of at least 4 members (excludes halogenated alkanes) is 12. The topological polar surface area (TPSA) is 85.2 Å². The van der Waals surface area contributed by atoms with Crippen LogP contribution >= 0.6 is 7.82 Å². The lowest BCUT2D eigenvalue weighted by molar-refractivity contribution is -0.870. The first-order valence-electron chi connectivity index (χ1n) is 12.5. The number of ether oxygens (including phenoxy) is 1. The molecule has 0 spiro atoms. The normalized spacial score (nSPS) is 15.2. The van der Waals surface area contributed by atoms with Gasteiger partial charge < -0.3 is 19.2 Å². The highest BCUT2D eigenvalue weighted by molar-refractivity contribution is 7.47. The minimum absolute atomic E-state index is 0.00527. The summed E-state index contributed by atoms with van der Waals surface area (Å²) in [6, 6.07) is 0. The molecule has 8 heteroatoms. The lowest BCUT2D eigenvalue weighted by atomic mass is 10.0. The summed E-state index contributed by atoms with van der Waals surface area (Å²) in [5, 5.41) is 9.35. The maximum Gasteiger partial charge on any atom is 0.472 e. The van der Waals surface area contributed by atoms with E-state index in [9.17, 15) is 14.6 Å². The van der Waals surface area contributed by atoms with E-state index in [-0.39, 0.29) is 13.2 Å². The number of phosphoric ester groups is 1. The fourth-order valence-corrected chi connectivity index (χ4v) is 4.04. The van der Waals surface area contributed by atoms with Gasteiger partial charge in [-0.1, -0.05) is 77.6 Å². The number of rotatable bonds is 23. The minimum Gasteiger partial charge on any atom is -0.499 e. The Morgan fingerprint density at radius 3 is 1.94 bits per heavy atom. The van der Waals surface area contributed by atoms with Crippen molar-refractivity contribution in [3.8, 4) is 0 Å². The van der Waals surface area contributed by atoms with Crippen LogP contribution in [0.2, 0.25) is 0 Å². The average molecular weight is 481 g/mol. The summed E-state index contributed by atoms with van der Waals surface area (Å²) in [7, 11) is 1.66. The number of hydrogen-bond donors (Lipinski definition) is 2. The number of aliphatic hydroxyl groups excluding tert-OH is 1. The van der Waals surface area contributed by atoms with Gasteiger partial charge in [-0.3, -0.25) is 9.05 Å². The lowest BCUT2D eigenvalue weighted by Gasteiger charge is -2.24. The molecule has 0 aromatic heterocycles. The lowest BCUT2D eigenvalue weighted by Crippen LogP contribution is -2.37. The van der Waals surface area contributed by atoms with Crippen LogP contribution < -0.4 is 0 Å². The van der Waals surface area contributed by atoms with Gasteiger partial charge in [-0.05, 0) is 18.9 Å². The molecule has 0 fully saturated rings. The summed E-state index contributed by atoms with van der Waals surface area (Å²) in [4.78, 5) is 9.77. The van der Waals surface area contributed by atoms with Crippen molar-refractivity contribution in [2.75, 3.05) is 47.5 Å². The number of hydrogen-bond acceptors (Lipinski definition) is 5. The average Bonchev–Trinajstić information content (AvgIpc) is 2.71. The first kappa shape index (κ1) is 31.6. The fourth-order valence-electron chi connectivity index (χ4n) is 3.17. The van der Waals surface area contributed by atoms with E-state index in [2.05, 4.69) is 6.92 Å². The van der Waals surface area contributed by atoms with Gasteiger partial charge in [0.25, 0.3) is 0 Å². The van der Waals surface area contributed by atoms with Crippen LogP contribution in [0.15, 0.2) is 12.3 Å². The van der Waals surface area contributed by atoms with Crippen LogP contribution in [0.25, 0.3) is 0 Å². The molecule has 0 aromatic rings. The molecular weight excluding hydrogens is 429 g/mol. The molecule has 1 unspecified atom stereocenters. The summed E-state index contributed by atoms with van der Waals surface area (Å²) in [6.07, 6.45) is 19.5. The van der Waals surface area contributed by atoms with Crippen molar-refractivity contribution in [3.63, 3.8) is 0 Å². The van der Waals surface area contributed by atoms with Gasteiger partial charge in [-0.25, -0.2) is 4.57 Å². The van der Waals surface area contributed by atoms with Gasteiger partial charge in [0, 0.05) is 0 Å². The van der Waals surface area contributed by atoms with Crippen LogP contribution in [0.3, 0.4) is 0 Å².